The number of fused-ring (bicyclic) bond motifs is 1. The van der Waals surface area contributed by atoms with E-state index in [4.69, 9.17) is 10.5 Å². The second kappa shape index (κ2) is 8.22. The van der Waals surface area contributed by atoms with Crippen molar-refractivity contribution in [1.29, 1.82) is 0 Å². The largest absolute Gasteiger partial charge is 0.493 e. The number of aliphatic imine (C=N–C) groups is 1. The normalized spacial score (nSPS) is 22.1. The Labute approximate surface area is 156 Å². The lowest BCUT2D eigenvalue weighted by molar-refractivity contribution is 0.130. The third-order valence-corrected chi connectivity index (χ3v) is 5.06. The summed E-state index contributed by atoms with van der Waals surface area (Å²) >= 11 is 0. The maximum atomic E-state index is 6.14. The van der Waals surface area contributed by atoms with Gasteiger partial charge in [-0.3, -0.25) is 4.99 Å². The number of rotatable bonds is 5. The molecule has 0 aromatic heterocycles. The van der Waals surface area contributed by atoms with E-state index in [0.717, 1.165) is 25.3 Å². The molecular formula is C18H28IN3O. The lowest BCUT2D eigenvalue weighted by Crippen LogP contribution is -2.39. The highest BCUT2D eigenvalue weighted by atomic mass is 127. The monoisotopic (exact) mass is 429 g/mol. The molecule has 1 atom stereocenters. The van der Waals surface area contributed by atoms with Gasteiger partial charge in [-0.2, -0.15) is 0 Å². The second-order valence-electron chi connectivity index (χ2n) is 6.68. The van der Waals surface area contributed by atoms with Crippen LogP contribution in [0, 0.1) is 5.41 Å². The minimum Gasteiger partial charge on any atom is -0.493 e. The van der Waals surface area contributed by atoms with Crippen LogP contribution in [0.2, 0.25) is 0 Å². The zero-order valence-corrected chi connectivity index (χ0v) is 16.2. The van der Waals surface area contributed by atoms with Gasteiger partial charge in [0.1, 0.15) is 5.75 Å². The van der Waals surface area contributed by atoms with Crippen LogP contribution in [0.25, 0.3) is 0 Å². The quantitative estimate of drug-likeness (QED) is 0.423. The van der Waals surface area contributed by atoms with Crippen molar-refractivity contribution in [2.45, 2.75) is 51.5 Å². The molecule has 1 heterocycles. The summed E-state index contributed by atoms with van der Waals surface area (Å²) in [6.07, 6.45) is 7.37. The van der Waals surface area contributed by atoms with Crippen LogP contribution < -0.4 is 15.8 Å². The molecule has 0 radical (unpaired) electrons. The van der Waals surface area contributed by atoms with Crippen LogP contribution in [0.4, 0.5) is 0 Å². The van der Waals surface area contributed by atoms with Gasteiger partial charge in [-0.1, -0.05) is 38.0 Å². The highest BCUT2D eigenvalue weighted by Gasteiger charge is 2.35. The molecule has 0 bridgehead atoms. The van der Waals surface area contributed by atoms with Crippen molar-refractivity contribution >= 4 is 29.9 Å². The average molecular weight is 429 g/mol. The van der Waals surface area contributed by atoms with Crippen LogP contribution in [-0.4, -0.2) is 19.1 Å². The van der Waals surface area contributed by atoms with E-state index in [-0.39, 0.29) is 30.0 Å². The average Bonchev–Trinajstić information content (AvgIpc) is 2.50. The fourth-order valence-electron chi connectivity index (χ4n) is 3.66. The van der Waals surface area contributed by atoms with Crippen LogP contribution in [0.15, 0.2) is 29.3 Å². The van der Waals surface area contributed by atoms with Gasteiger partial charge < -0.3 is 15.8 Å². The third-order valence-electron chi connectivity index (χ3n) is 5.06. The molecule has 128 valence electrons. The van der Waals surface area contributed by atoms with Gasteiger partial charge in [-0.25, -0.2) is 0 Å². The predicted octanol–water partition coefficient (Wildman–Crippen LogP) is 4.00. The standard InChI is InChI=1S/C18H27N3O.HI/c1-2-9-18(10-5-11-18)13-20-17(19)21-15-8-12-22-16-7-4-3-6-14(15)16;/h3-4,6-7,15H,2,5,8-13H2,1H3,(H3,19,20,21);1H. The Kier molecular flexibility index (Phi) is 6.56. The van der Waals surface area contributed by atoms with E-state index >= 15 is 0 Å². The predicted molar refractivity (Wildman–Crippen MR) is 106 cm³/mol. The number of para-hydroxylation sites is 1. The van der Waals surface area contributed by atoms with Crippen LogP contribution in [0.5, 0.6) is 5.75 Å². The summed E-state index contributed by atoms with van der Waals surface area (Å²) in [5, 5.41) is 3.39. The first-order valence-corrected chi connectivity index (χ1v) is 8.51. The van der Waals surface area contributed by atoms with Crippen molar-refractivity contribution in [1.82, 2.24) is 5.32 Å². The number of benzene rings is 1. The Balaban J connectivity index is 0.00000192. The van der Waals surface area contributed by atoms with Crippen molar-refractivity contribution in [3.63, 3.8) is 0 Å². The van der Waals surface area contributed by atoms with Crippen molar-refractivity contribution in [2.75, 3.05) is 13.2 Å². The molecule has 1 fully saturated rings. The van der Waals surface area contributed by atoms with Crippen molar-refractivity contribution in [3.8, 4) is 5.75 Å². The highest BCUT2D eigenvalue weighted by Crippen LogP contribution is 2.45. The number of guanidine groups is 1. The number of hydrogen-bond donors (Lipinski definition) is 2. The Morgan fingerprint density at radius 2 is 2.17 bits per heavy atom. The number of ether oxygens (including phenoxy) is 1. The lowest BCUT2D eigenvalue weighted by Gasteiger charge is -2.40. The molecule has 23 heavy (non-hydrogen) atoms. The first-order chi connectivity index (χ1) is 10.7. The molecule has 3 N–H and O–H groups in total. The summed E-state index contributed by atoms with van der Waals surface area (Å²) in [6, 6.07) is 8.37. The van der Waals surface area contributed by atoms with Crippen molar-refractivity contribution in [2.24, 2.45) is 16.1 Å². The smallest absolute Gasteiger partial charge is 0.189 e. The molecule has 1 saturated carbocycles. The maximum Gasteiger partial charge on any atom is 0.189 e. The SMILES string of the molecule is CCCC1(CN=C(N)NC2CCOc3ccccc32)CCC1.I. The Hall–Kier alpha value is -0.980. The van der Waals surface area contributed by atoms with Gasteiger partial charge in [0.2, 0.25) is 0 Å². The highest BCUT2D eigenvalue weighted by molar-refractivity contribution is 14.0. The Bertz CT molecular complexity index is 543. The number of hydrogen-bond acceptors (Lipinski definition) is 2. The summed E-state index contributed by atoms with van der Waals surface area (Å²) in [5.41, 5.74) is 7.75. The van der Waals surface area contributed by atoms with Crippen LogP contribution in [0.1, 0.15) is 57.1 Å². The topological polar surface area (TPSA) is 59.6 Å². The van der Waals surface area contributed by atoms with Crippen molar-refractivity contribution < 1.29 is 4.74 Å². The third kappa shape index (κ3) is 4.31. The maximum absolute atomic E-state index is 6.14. The molecule has 0 amide bonds. The summed E-state index contributed by atoms with van der Waals surface area (Å²) < 4.78 is 5.69. The zero-order valence-electron chi connectivity index (χ0n) is 13.9. The van der Waals surface area contributed by atoms with E-state index in [1.54, 1.807) is 0 Å². The molecule has 1 aromatic rings. The fraction of sp³-hybridized carbons (Fsp3) is 0.611. The molecular weight excluding hydrogens is 401 g/mol. The molecule has 1 unspecified atom stereocenters. The van der Waals surface area contributed by atoms with Crippen LogP contribution in [0.3, 0.4) is 0 Å². The van der Waals surface area contributed by atoms with Gasteiger partial charge in [-0.05, 0) is 30.7 Å². The summed E-state index contributed by atoms with van der Waals surface area (Å²) in [5.74, 6) is 1.53. The molecule has 4 nitrogen and oxygen atoms in total. The molecule has 0 spiro atoms. The van der Waals surface area contributed by atoms with E-state index in [2.05, 4.69) is 23.3 Å². The van der Waals surface area contributed by atoms with E-state index < -0.39 is 0 Å². The second-order valence-corrected chi connectivity index (χ2v) is 6.68. The number of nitrogens with two attached hydrogens (primary N) is 1. The van der Waals surface area contributed by atoms with Gasteiger partial charge in [0.05, 0.1) is 12.6 Å². The van der Waals surface area contributed by atoms with Gasteiger partial charge >= 0.3 is 0 Å². The minimum absolute atomic E-state index is 0. The molecule has 3 rings (SSSR count). The van der Waals surface area contributed by atoms with Gasteiger partial charge in [-0.15, -0.1) is 24.0 Å². The first kappa shape index (κ1) is 18.4. The summed E-state index contributed by atoms with van der Waals surface area (Å²) in [7, 11) is 0. The van der Waals surface area contributed by atoms with Gasteiger partial charge in [0, 0.05) is 18.5 Å². The molecule has 1 aromatic carbocycles. The first-order valence-electron chi connectivity index (χ1n) is 8.51. The molecule has 0 saturated heterocycles. The van der Waals surface area contributed by atoms with E-state index in [1.807, 2.05) is 18.2 Å². The fourth-order valence-corrected chi connectivity index (χ4v) is 3.66. The van der Waals surface area contributed by atoms with Gasteiger partial charge in [0.25, 0.3) is 0 Å². The number of nitrogens with one attached hydrogen (secondary N) is 1. The zero-order chi connectivity index (χ0) is 15.4. The van der Waals surface area contributed by atoms with E-state index in [1.165, 1.54) is 37.7 Å². The lowest BCUT2D eigenvalue weighted by atomic mass is 9.66. The summed E-state index contributed by atoms with van der Waals surface area (Å²) in [6.45, 7) is 3.84. The Morgan fingerprint density at radius 3 is 2.87 bits per heavy atom. The number of nitrogens with zero attached hydrogens (tertiary/aromatic N) is 1. The number of halogens is 1. The van der Waals surface area contributed by atoms with E-state index in [0.29, 0.717) is 11.4 Å². The van der Waals surface area contributed by atoms with Crippen LogP contribution in [-0.2, 0) is 0 Å². The summed E-state index contributed by atoms with van der Waals surface area (Å²) in [4.78, 5) is 4.65. The van der Waals surface area contributed by atoms with Gasteiger partial charge in [0.15, 0.2) is 5.96 Å². The Morgan fingerprint density at radius 1 is 1.39 bits per heavy atom. The van der Waals surface area contributed by atoms with Crippen molar-refractivity contribution in [3.05, 3.63) is 29.8 Å². The van der Waals surface area contributed by atoms with E-state index in [9.17, 15) is 0 Å². The molecule has 1 aliphatic carbocycles. The molecule has 1 aliphatic heterocycles. The molecule has 2 aliphatic rings. The minimum atomic E-state index is 0. The van der Waals surface area contributed by atoms with Crippen LogP contribution >= 0.6 is 24.0 Å². The molecule has 5 heteroatoms.